The summed E-state index contributed by atoms with van der Waals surface area (Å²) in [5.41, 5.74) is 0. The quantitative estimate of drug-likeness (QED) is 0.759. The first-order chi connectivity index (χ1) is 13.3. The fourth-order valence-electron chi connectivity index (χ4n) is 4.27. The monoisotopic (exact) mass is 399 g/mol. The van der Waals surface area contributed by atoms with Crippen molar-refractivity contribution in [3.63, 3.8) is 0 Å². The number of likely N-dealkylation sites (tertiary alicyclic amines) is 1. The molecule has 2 N–H and O–H groups in total. The molecule has 0 unspecified atom stereocenters. The molecule has 0 saturated carbocycles. The largest absolute Gasteiger partial charge is 0.465 e. The van der Waals surface area contributed by atoms with Gasteiger partial charge in [0.2, 0.25) is 0 Å². The Labute approximate surface area is 167 Å². The van der Waals surface area contributed by atoms with Crippen LogP contribution in [0.25, 0.3) is 0 Å². The highest BCUT2D eigenvalue weighted by Crippen LogP contribution is 2.37. The summed E-state index contributed by atoms with van der Waals surface area (Å²) in [6, 6.07) is 20.2. The zero-order chi connectivity index (χ0) is 20.4. The van der Waals surface area contributed by atoms with Crippen molar-refractivity contribution in [3.05, 3.63) is 60.7 Å². The van der Waals surface area contributed by atoms with Crippen LogP contribution in [0.5, 0.6) is 0 Å². The van der Waals surface area contributed by atoms with Gasteiger partial charge in [0.05, 0.1) is 25.3 Å². The Morgan fingerprint density at radius 3 is 2.00 bits per heavy atom. The Bertz CT molecular complexity index is 752. The van der Waals surface area contributed by atoms with Gasteiger partial charge < -0.3 is 19.5 Å². The third kappa shape index (κ3) is 3.85. The number of aliphatic hydroxyl groups is 1. The fraction of sp³-hybridized carbons (Fsp3) is 0.409. The second-order valence-electron chi connectivity index (χ2n) is 8.45. The summed E-state index contributed by atoms with van der Waals surface area (Å²) >= 11 is 0. The highest BCUT2D eigenvalue weighted by molar-refractivity contribution is 6.99. The molecule has 5 nitrogen and oxygen atoms in total. The minimum Gasteiger partial charge on any atom is -0.465 e. The van der Waals surface area contributed by atoms with E-state index in [4.69, 9.17) is 4.43 Å². The first-order valence-electron chi connectivity index (χ1n) is 9.68. The molecular formula is C22H29NO4Si. The number of rotatable bonds is 5. The van der Waals surface area contributed by atoms with Crippen molar-refractivity contribution < 1.29 is 19.4 Å². The van der Waals surface area contributed by atoms with Crippen LogP contribution in [-0.4, -0.2) is 54.8 Å². The van der Waals surface area contributed by atoms with Crippen molar-refractivity contribution >= 4 is 24.8 Å². The molecule has 0 aromatic heterocycles. The molecule has 1 saturated heterocycles. The molecule has 1 aliphatic heterocycles. The van der Waals surface area contributed by atoms with Crippen molar-refractivity contribution in [1.29, 1.82) is 0 Å². The molecule has 3 rings (SSSR count). The van der Waals surface area contributed by atoms with Gasteiger partial charge in [-0.1, -0.05) is 81.4 Å². The van der Waals surface area contributed by atoms with E-state index in [0.717, 1.165) is 10.4 Å². The summed E-state index contributed by atoms with van der Waals surface area (Å²) in [6.07, 6.45) is -1.23. The molecule has 0 radical (unpaired) electrons. The van der Waals surface area contributed by atoms with Crippen LogP contribution in [0, 0.1) is 0 Å². The Morgan fingerprint density at radius 1 is 1.07 bits per heavy atom. The average Bonchev–Trinajstić information content (AvgIpc) is 3.04. The van der Waals surface area contributed by atoms with Gasteiger partial charge in [0.15, 0.2) is 0 Å². The summed E-state index contributed by atoms with van der Waals surface area (Å²) in [6.45, 7) is 6.99. The smallest absolute Gasteiger partial charge is 0.407 e. The molecule has 1 heterocycles. The lowest BCUT2D eigenvalue weighted by Gasteiger charge is -2.43. The van der Waals surface area contributed by atoms with Gasteiger partial charge in [-0.15, -0.1) is 0 Å². The predicted molar refractivity (Wildman–Crippen MR) is 113 cm³/mol. The minimum atomic E-state index is -2.70. The zero-order valence-corrected chi connectivity index (χ0v) is 17.7. The number of aliphatic hydroxyl groups excluding tert-OH is 1. The van der Waals surface area contributed by atoms with E-state index in [1.54, 1.807) is 0 Å². The van der Waals surface area contributed by atoms with Gasteiger partial charge in [0.1, 0.15) is 0 Å². The molecule has 2 atom stereocenters. The van der Waals surface area contributed by atoms with E-state index >= 15 is 0 Å². The third-order valence-corrected chi connectivity index (χ3v) is 10.6. The number of hydrogen-bond donors (Lipinski definition) is 2. The van der Waals surface area contributed by atoms with E-state index in [0.29, 0.717) is 6.42 Å². The van der Waals surface area contributed by atoms with E-state index in [1.807, 2.05) is 36.4 Å². The van der Waals surface area contributed by atoms with Gasteiger partial charge >= 0.3 is 6.09 Å². The molecule has 0 bridgehead atoms. The number of benzene rings is 2. The topological polar surface area (TPSA) is 70.0 Å². The summed E-state index contributed by atoms with van der Waals surface area (Å²) < 4.78 is 6.80. The molecule has 0 aliphatic carbocycles. The Kier molecular flexibility index (Phi) is 5.93. The lowest BCUT2D eigenvalue weighted by atomic mass is 10.2. The number of hydrogen-bond acceptors (Lipinski definition) is 3. The molecule has 1 aliphatic rings. The van der Waals surface area contributed by atoms with Crippen LogP contribution >= 0.6 is 0 Å². The standard InChI is InChI=1S/C22H29NO4Si/c1-22(2,3)28(19-10-6-4-7-11-19,20-12-8-5-9-13-20)27-16-17-14-18(24)15-23(17)21(25)26/h4-13,17-18,24H,14-16H2,1-3H3,(H,25,26)/t17-,18+/m0/s1. The van der Waals surface area contributed by atoms with Crippen molar-refractivity contribution in [2.75, 3.05) is 13.2 Å². The predicted octanol–water partition coefficient (Wildman–Crippen LogP) is 2.68. The van der Waals surface area contributed by atoms with Gasteiger partial charge in [0.25, 0.3) is 8.32 Å². The van der Waals surface area contributed by atoms with E-state index in [2.05, 4.69) is 45.0 Å². The van der Waals surface area contributed by atoms with E-state index in [1.165, 1.54) is 4.90 Å². The normalized spacial score (nSPS) is 20.4. The van der Waals surface area contributed by atoms with Crippen molar-refractivity contribution in [1.82, 2.24) is 4.90 Å². The summed E-state index contributed by atoms with van der Waals surface area (Å²) in [5.74, 6) is 0. The van der Waals surface area contributed by atoms with Crippen LogP contribution in [0.15, 0.2) is 60.7 Å². The lowest BCUT2D eigenvalue weighted by Crippen LogP contribution is -2.67. The maximum Gasteiger partial charge on any atom is 0.407 e. The molecule has 1 amide bonds. The molecule has 2 aromatic carbocycles. The van der Waals surface area contributed by atoms with Crippen molar-refractivity contribution in [2.24, 2.45) is 0 Å². The van der Waals surface area contributed by atoms with Gasteiger partial charge in [-0.25, -0.2) is 4.79 Å². The second kappa shape index (κ2) is 8.07. The van der Waals surface area contributed by atoms with Crippen molar-refractivity contribution in [3.8, 4) is 0 Å². The van der Waals surface area contributed by atoms with Crippen LogP contribution in [0.2, 0.25) is 5.04 Å². The number of amides is 1. The maximum atomic E-state index is 11.6. The average molecular weight is 400 g/mol. The third-order valence-electron chi connectivity index (χ3n) is 5.55. The minimum absolute atomic E-state index is 0.143. The summed E-state index contributed by atoms with van der Waals surface area (Å²) in [7, 11) is -2.70. The Balaban J connectivity index is 2.03. The van der Waals surface area contributed by atoms with Gasteiger partial charge in [-0.3, -0.25) is 0 Å². The molecule has 28 heavy (non-hydrogen) atoms. The first kappa shape index (κ1) is 20.6. The number of carboxylic acid groups (broad SMARTS) is 1. The second-order valence-corrected chi connectivity index (χ2v) is 12.8. The molecule has 6 heteroatoms. The van der Waals surface area contributed by atoms with Crippen LogP contribution < -0.4 is 10.4 Å². The highest BCUT2D eigenvalue weighted by Gasteiger charge is 2.51. The first-order valence-corrected chi connectivity index (χ1v) is 11.6. The van der Waals surface area contributed by atoms with E-state index in [-0.39, 0.29) is 24.2 Å². The highest BCUT2D eigenvalue weighted by atomic mass is 28.4. The van der Waals surface area contributed by atoms with Crippen LogP contribution in [-0.2, 0) is 4.43 Å². The lowest BCUT2D eigenvalue weighted by molar-refractivity contribution is 0.118. The summed E-state index contributed by atoms with van der Waals surface area (Å²) in [5, 5.41) is 21.6. The maximum absolute atomic E-state index is 11.6. The molecule has 150 valence electrons. The Morgan fingerprint density at radius 2 is 1.57 bits per heavy atom. The van der Waals surface area contributed by atoms with Crippen LogP contribution in [0.4, 0.5) is 4.79 Å². The zero-order valence-electron chi connectivity index (χ0n) is 16.7. The molecule has 1 fully saturated rings. The van der Waals surface area contributed by atoms with Gasteiger partial charge in [-0.05, 0) is 21.8 Å². The number of nitrogens with zero attached hydrogens (tertiary/aromatic N) is 1. The number of carbonyl (C=O) groups is 1. The summed E-state index contributed by atoms with van der Waals surface area (Å²) in [4.78, 5) is 12.9. The van der Waals surface area contributed by atoms with Crippen LogP contribution in [0.1, 0.15) is 27.2 Å². The van der Waals surface area contributed by atoms with E-state index in [9.17, 15) is 15.0 Å². The van der Waals surface area contributed by atoms with Crippen molar-refractivity contribution in [2.45, 2.75) is 44.4 Å². The Hall–Kier alpha value is -2.15. The molecule has 2 aromatic rings. The fourth-order valence-corrected chi connectivity index (χ4v) is 8.86. The van der Waals surface area contributed by atoms with E-state index < -0.39 is 20.5 Å². The number of β-amino-alcohol motifs (C(OH)–C–C–N with tert-alkyl or cyclic N) is 1. The van der Waals surface area contributed by atoms with Gasteiger partial charge in [0, 0.05) is 0 Å². The van der Waals surface area contributed by atoms with Crippen LogP contribution in [0.3, 0.4) is 0 Å². The SMILES string of the molecule is CC(C)(C)[Si](OC[C@@H]1C[C@@H](O)CN1C(=O)O)(c1ccccc1)c1ccccc1. The molecule has 0 spiro atoms. The van der Waals surface area contributed by atoms with Gasteiger partial charge in [-0.2, -0.15) is 0 Å². The molecular weight excluding hydrogens is 370 g/mol.